The summed E-state index contributed by atoms with van der Waals surface area (Å²) >= 11 is 2.91. The van der Waals surface area contributed by atoms with E-state index in [1.807, 2.05) is 0 Å². The third kappa shape index (κ3) is 3.77. The molecule has 0 amide bonds. The predicted octanol–water partition coefficient (Wildman–Crippen LogP) is 3.31. The molecule has 0 saturated carbocycles. The van der Waals surface area contributed by atoms with Gasteiger partial charge in [-0.1, -0.05) is 15.9 Å². The number of alkyl halides is 6. The number of rotatable bonds is 4. The molecular weight excluding hydrogens is 329 g/mol. The second kappa shape index (κ2) is 5.79. The van der Waals surface area contributed by atoms with Crippen LogP contribution in [0.5, 0.6) is 5.88 Å². The lowest BCUT2D eigenvalue weighted by Crippen LogP contribution is -2.19. The summed E-state index contributed by atoms with van der Waals surface area (Å²) in [7, 11) is 0. The van der Waals surface area contributed by atoms with Gasteiger partial charge < -0.3 is 9.84 Å². The summed E-state index contributed by atoms with van der Waals surface area (Å²) < 4.78 is 64.7. The van der Waals surface area contributed by atoms with Gasteiger partial charge in [0.1, 0.15) is 5.69 Å². The molecule has 1 aromatic heterocycles. The Kier molecular flexibility index (Phi) is 4.85. The van der Waals surface area contributed by atoms with E-state index >= 15 is 0 Å². The lowest BCUT2D eigenvalue weighted by atomic mass is 10.1. The maximum absolute atomic E-state index is 12.6. The molecule has 0 radical (unpaired) electrons. The minimum absolute atomic E-state index is 0.0537. The molecule has 0 bridgehead atoms. The molecule has 0 aliphatic carbocycles. The fraction of sp³-hybridized carbons (Fsp3) is 0.444. The largest absolute Gasteiger partial charge is 0.574 e. The fourth-order valence-electron chi connectivity index (χ4n) is 1.27. The van der Waals surface area contributed by atoms with Gasteiger partial charge in [-0.3, -0.25) is 0 Å². The molecule has 1 rings (SSSR count). The molecule has 9 heteroatoms. The van der Waals surface area contributed by atoms with E-state index in [1.165, 1.54) is 0 Å². The summed E-state index contributed by atoms with van der Waals surface area (Å²) in [5, 5.41) is 8.88. The number of hydrogen-bond acceptors (Lipinski definition) is 3. The molecule has 0 aliphatic heterocycles. The van der Waals surface area contributed by atoms with Crippen molar-refractivity contribution >= 4 is 15.9 Å². The molecule has 18 heavy (non-hydrogen) atoms. The molecular formula is C9H7BrF5NO2. The zero-order chi connectivity index (χ0) is 13.9. The highest BCUT2D eigenvalue weighted by Crippen LogP contribution is 2.30. The molecule has 1 aromatic rings. The van der Waals surface area contributed by atoms with E-state index in [1.54, 1.807) is 0 Å². The van der Waals surface area contributed by atoms with Crippen molar-refractivity contribution in [2.75, 3.05) is 0 Å². The van der Waals surface area contributed by atoms with E-state index in [0.717, 1.165) is 6.07 Å². The Morgan fingerprint density at radius 3 is 2.39 bits per heavy atom. The second-order valence-corrected chi connectivity index (χ2v) is 3.68. The number of aromatic nitrogens is 1. The first kappa shape index (κ1) is 15.1. The predicted molar refractivity (Wildman–Crippen MR) is 54.4 cm³/mol. The zero-order valence-corrected chi connectivity index (χ0v) is 10.2. The van der Waals surface area contributed by atoms with Gasteiger partial charge in [-0.25, -0.2) is 13.8 Å². The Morgan fingerprint density at radius 2 is 2.00 bits per heavy atom. The van der Waals surface area contributed by atoms with Crippen molar-refractivity contribution in [2.45, 2.75) is 24.7 Å². The van der Waals surface area contributed by atoms with Crippen molar-refractivity contribution < 1.29 is 31.8 Å². The van der Waals surface area contributed by atoms with Crippen LogP contribution in [0.1, 0.15) is 23.2 Å². The maximum Gasteiger partial charge on any atom is 0.574 e. The van der Waals surface area contributed by atoms with E-state index in [4.69, 9.17) is 5.11 Å². The van der Waals surface area contributed by atoms with Crippen LogP contribution in [0.15, 0.2) is 6.07 Å². The maximum atomic E-state index is 12.6. The van der Waals surface area contributed by atoms with E-state index in [-0.39, 0.29) is 16.5 Å². The number of halogens is 6. The van der Waals surface area contributed by atoms with Gasteiger partial charge in [-0.15, -0.1) is 13.2 Å². The van der Waals surface area contributed by atoms with Gasteiger partial charge in [0, 0.05) is 11.4 Å². The molecule has 102 valence electrons. The van der Waals surface area contributed by atoms with Crippen LogP contribution in [0, 0.1) is 0 Å². The highest BCUT2D eigenvalue weighted by molar-refractivity contribution is 9.08. The van der Waals surface area contributed by atoms with Gasteiger partial charge in [0.25, 0.3) is 6.43 Å². The number of hydrogen-bond donors (Lipinski definition) is 1. The van der Waals surface area contributed by atoms with Gasteiger partial charge in [0.05, 0.1) is 6.61 Å². The minimum atomic E-state index is -5.03. The average molecular weight is 336 g/mol. The molecule has 0 aliphatic rings. The average Bonchev–Trinajstić information content (AvgIpc) is 2.25. The van der Waals surface area contributed by atoms with E-state index in [2.05, 4.69) is 25.7 Å². The van der Waals surface area contributed by atoms with Crippen molar-refractivity contribution in [3.63, 3.8) is 0 Å². The second-order valence-electron chi connectivity index (χ2n) is 3.12. The Labute approximate surface area is 107 Å². The zero-order valence-electron chi connectivity index (χ0n) is 8.64. The Balaban J connectivity index is 3.27. The van der Waals surface area contributed by atoms with Crippen molar-refractivity contribution in [1.29, 1.82) is 0 Å². The Bertz CT molecular complexity index is 424. The lowest BCUT2D eigenvalue weighted by Gasteiger charge is -2.14. The van der Waals surface area contributed by atoms with E-state index < -0.39 is 31.0 Å². The normalized spacial score (nSPS) is 12.0. The van der Waals surface area contributed by atoms with Crippen molar-refractivity contribution in [3.8, 4) is 5.88 Å². The van der Waals surface area contributed by atoms with Crippen LogP contribution in [0.25, 0.3) is 0 Å². The number of aliphatic hydroxyl groups excluding tert-OH is 1. The Hall–Kier alpha value is -0.960. The third-order valence-corrected chi connectivity index (χ3v) is 2.52. The van der Waals surface area contributed by atoms with E-state index in [9.17, 15) is 22.0 Å². The molecule has 0 atom stereocenters. The standard InChI is InChI=1S/C9H7BrF5NO2/c10-2-5-4(3-17)1-6(18-9(13,14)15)16-7(5)8(11)12/h1,8,17H,2-3H2. The quantitative estimate of drug-likeness (QED) is 0.678. The van der Waals surface area contributed by atoms with Gasteiger partial charge in [0.15, 0.2) is 0 Å². The summed E-state index contributed by atoms with van der Waals surface area (Å²) in [6.07, 6.45) is -8.10. The highest BCUT2D eigenvalue weighted by Gasteiger charge is 2.33. The molecule has 0 saturated heterocycles. The number of pyridine rings is 1. The summed E-state index contributed by atoms with van der Waals surface area (Å²) in [5.41, 5.74) is -1.00. The van der Waals surface area contributed by atoms with Crippen LogP contribution < -0.4 is 4.74 Å². The first-order valence-electron chi connectivity index (χ1n) is 4.52. The van der Waals surface area contributed by atoms with Crippen LogP contribution in [0.2, 0.25) is 0 Å². The van der Waals surface area contributed by atoms with Crippen LogP contribution >= 0.6 is 15.9 Å². The molecule has 1 heterocycles. The summed E-state index contributed by atoms with van der Waals surface area (Å²) in [5.74, 6) is -1.02. The van der Waals surface area contributed by atoms with Crippen molar-refractivity contribution in [1.82, 2.24) is 4.98 Å². The van der Waals surface area contributed by atoms with Crippen LogP contribution in [-0.4, -0.2) is 16.5 Å². The summed E-state index contributed by atoms with van der Waals surface area (Å²) in [6.45, 7) is -0.697. The summed E-state index contributed by atoms with van der Waals surface area (Å²) in [4.78, 5) is 3.10. The van der Waals surface area contributed by atoms with E-state index in [0.29, 0.717) is 0 Å². The molecule has 0 fully saturated rings. The third-order valence-electron chi connectivity index (χ3n) is 1.96. The topological polar surface area (TPSA) is 42.4 Å². The van der Waals surface area contributed by atoms with Crippen molar-refractivity contribution in [2.24, 2.45) is 0 Å². The SMILES string of the molecule is OCc1cc(OC(F)(F)F)nc(C(F)F)c1CBr. The highest BCUT2D eigenvalue weighted by atomic mass is 79.9. The fourth-order valence-corrected chi connectivity index (χ4v) is 1.91. The van der Waals surface area contributed by atoms with Crippen LogP contribution in [0.4, 0.5) is 22.0 Å². The smallest absolute Gasteiger partial charge is 0.392 e. The van der Waals surface area contributed by atoms with Crippen molar-refractivity contribution in [3.05, 3.63) is 22.9 Å². The molecule has 1 N–H and O–H groups in total. The van der Waals surface area contributed by atoms with Crippen LogP contribution in [0.3, 0.4) is 0 Å². The molecule has 0 spiro atoms. The summed E-state index contributed by atoms with van der Waals surface area (Å²) in [6, 6.07) is 0.774. The molecule has 3 nitrogen and oxygen atoms in total. The Morgan fingerprint density at radius 1 is 1.39 bits per heavy atom. The minimum Gasteiger partial charge on any atom is -0.392 e. The first-order chi connectivity index (χ1) is 8.28. The number of aliphatic hydroxyl groups is 1. The van der Waals surface area contributed by atoms with Gasteiger partial charge in [0.2, 0.25) is 5.88 Å². The molecule has 0 aromatic carbocycles. The van der Waals surface area contributed by atoms with Gasteiger partial charge in [-0.2, -0.15) is 0 Å². The molecule has 0 unspecified atom stereocenters. The lowest BCUT2D eigenvalue weighted by molar-refractivity contribution is -0.276. The number of ether oxygens (including phenoxy) is 1. The first-order valence-corrected chi connectivity index (χ1v) is 5.64. The van der Waals surface area contributed by atoms with Crippen LogP contribution in [-0.2, 0) is 11.9 Å². The monoisotopic (exact) mass is 335 g/mol. The van der Waals surface area contributed by atoms with Gasteiger partial charge in [-0.05, 0) is 11.1 Å². The number of nitrogens with zero attached hydrogens (tertiary/aromatic N) is 1. The van der Waals surface area contributed by atoms with Gasteiger partial charge >= 0.3 is 6.36 Å².